The highest BCUT2D eigenvalue weighted by atomic mass is 16.8. The second-order valence-electron chi connectivity index (χ2n) is 25.5. The molecule has 0 aromatic heterocycles. The number of ether oxygens (including phenoxy) is 13. The molecule has 6 rings (SSSR count). The second-order valence-corrected chi connectivity index (χ2v) is 25.5. The zero-order chi connectivity index (χ0) is 64.0. The minimum atomic E-state index is -1.90. The van der Waals surface area contributed by atoms with Crippen molar-refractivity contribution in [3.63, 3.8) is 0 Å². The molecule has 88 heavy (non-hydrogen) atoms. The van der Waals surface area contributed by atoms with E-state index in [0.29, 0.717) is 32.1 Å². The van der Waals surface area contributed by atoms with Gasteiger partial charge >= 0.3 is 17.9 Å². The van der Waals surface area contributed by atoms with Crippen molar-refractivity contribution in [2.75, 3.05) is 0 Å². The van der Waals surface area contributed by atoms with Crippen LogP contribution < -0.4 is 0 Å². The summed E-state index contributed by atoms with van der Waals surface area (Å²) in [5, 5.41) is 92.1. The van der Waals surface area contributed by atoms with Crippen molar-refractivity contribution in [3.8, 4) is 0 Å². The SMILES string of the molecule is CCCCCCCCCCCC(=O)O[C@H]1[C@H](O[C@@H]2[C@@H](O)[C@H]3OC(=O)CCCCCCCCCC(CCCCC)O[C@@H]4O[C@H](C)[C@H](O)[C@H](O)[C@H]4O[C@@H]3O[C@H]2C)O[C@@H](C)[C@H](O[C@@H]2O[C@@H](C)[C@H](OC(=O)CCCCC)[C@@H](O)[C@H]2O)[C@H]1O[C@@H]1O[C@@H](C)[C@H](O)[C@@H](O)[C@H]1O. The average molecular weight is 1270 g/mol. The molecule has 512 valence electrons. The zero-order valence-corrected chi connectivity index (χ0v) is 53.7. The number of unbranched alkanes of at least 4 members (excludes halogenated alkanes) is 12. The third-order valence-electron chi connectivity index (χ3n) is 18.1. The first kappa shape index (κ1) is 74.7. The minimum absolute atomic E-state index is 0.0201. The molecule has 0 radical (unpaired) electrons. The molecule has 1 unspecified atom stereocenters. The van der Waals surface area contributed by atoms with Crippen LogP contribution in [0.25, 0.3) is 0 Å². The average Bonchev–Trinajstić information content (AvgIpc) is 0.915. The smallest absolute Gasteiger partial charge is 0.306 e. The van der Waals surface area contributed by atoms with E-state index in [-0.39, 0.29) is 25.4 Å². The summed E-state index contributed by atoms with van der Waals surface area (Å²) in [5.74, 6) is -2.02. The Kier molecular flexibility index (Phi) is 32.4. The molecule has 0 saturated carbocycles. The van der Waals surface area contributed by atoms with Gasteiger partial charge in [0, 0.05) is 19.3 Å². The molecule has 6 heterocycles. The molecule has 0 spiro atoms. The Bertz CT molecular complexity index is 1990. The number of carbonyl (C=O) groups is 3. The third kappa shape index (κ3) is 21.6. The summed E-state index contributed by atoms with van der Waals surface area (Å²) in [7, 11) is 0. The Morgan fingerprint density at radius 3 is 1.51 bits per heavy atom. The number of rotatable bonds is 26. The summed E-state index contributed by atoms with van der Waals surface area (Å²) in [6, 6.07) is 0. The monoisotopic (exact) mass is 1260 g/mol. The highest BCUT2D eigenvalue weighted by Gasteiger charge is 2.58. The standard InChI is InChI=1S/C64H112O24/c1-9-12-15-16-17-18-21-24-30-35-44(67)84-59-58(88-60-50(73)47(70)45(68)36(4)76-60)55(86-61-51(74)49(72)53(38(6)78-61)82-42(65)33-27-14-11-3)40(8)80-64(59)85-54-39(7)79-63-57(52(54)75)83-43(66)34-29-25-22-19-20-23-28-32-41(31-26-13-10-2)81-62-56(87-63)48(71)46(69)37(5)77-62/h36-41,45-64,68-75H,9-35H2,1-8H3/t36-,37+,38-,39-,40-,41?,45-,46-,47+,48-,49-,50+,51+,52+,53-,54-,55-,56+,57+,58+,59+,60-,61-,62-,63-,64-/m0/s1. The fourth-order valence-electron chi connectivity index (χ4n) is 12.6. The van der Waals surface area contributed by atoms with E-state index in [4.69, 9.17) is 61.6 Å². The van der Waals surface area contributed by atoms with Crippen molar-refractivity contribution in [2.45, 2.75) is 388 Å². The Labute approximate surface area is 521 Å². The molecule has 26 atom stereocenters. The van der Waals surface area contributed by atoms with Crippen LogP contribution in [-0.2, 0) is 76.0 Å². The number of esters is 3. The van der Waals surface area contributed by atoms with Crippen LogP contribution in [-0.4, -0.2) is 218 Å². The van der Waals surface area contributed by atoms with Crippen LogP contribution >= 0.6 is 0 Å². The van der Waals surface area contributed by atoms with E-state index >= 15 is 0 Å². The maximum Gasteiger partial charge on any atom is 0.306 e. The summed E-state index contributed by atoms with van der Waals surface area (Å²) in [5.41, 5.74) is 0. The van der Waals surface area contributed by atoms with E-state index in [1.54, 1.807) is 13.8 Å². The molecular weight excluding hydrogens is 1150 g/mol. The Balaban J connectivity index is 1.33. The van der Waals surface area contributed by atoms with Gasteiger partial charge in [-0.3, -0.25) is 14.4 Å². The number of hydrogen-bond acceptors (Lipinski definition) is 24. The fourth-order valence-corrected chi connectivity index (χ4v) is 12.6. The zero-order valence-electron chi connectivity index (χ0n) is 53.7. The summed E-state index contributed by atoms with van der Waals surface area (Å²) in [4.78, 5) is 41.1. The lowest BCUT2D eigenvalue weighted by molar-refractivity contribution is -0.399. The van der Waals surface area contributed by atoms with E-state index in [9.17, 15) is 55.2 Å². The van der Waals surface area contributed by atoms with Crippen molar-refractivity contribution in [2.24, 2.45) is 0 Å². The van der Waals surface area contributed by atoms with Gasteiger partial charge in [-0.05, 0) is 66.7 Å². The largest absolute Gasteiger partial charge is 0.457 e. The minimum Gasteiger partial charge on any atom is -0.457 e. The lowest BCUT2D eigenvalue weighted by Gasteiger charge is -2.51. The lowest BCUT2D eigenvalue weighted by atomic mass is 9.95. The van der Waals surface area contributed by atoms with E-state index in [0.717, 1.165) is 116 Å². The number of hydrogen-bond donors (Lipinski definition) is 8. The summed E-state index contributed by atoms with van der Waals surface area (Å²) in [6.45, 7) is 13.9. The lowest BCUT2D eigenvalue weighted by Crippen LogP contribution is -2.68. The maximum atomic E-state index is 14.3. The highest BCUT2D eigenvalue weighted by Crippen LogP contribution is 2.39. The maximum absolute atomic E-state index is 14.3. The van der Waals surface area contributed by atoms with Gasteiger partial charge < -0.3 is 102 Å². The van der Waals surface area contributed by atoms with Crippen molar-refractivity contribution in [3.05, 3.63) is 0 Å². The van der Waals surface area contributed by atoms with Crippen LogP contribution in [0.2, 0.25) is 0 Å². The Morgan fingerprint density at radius 2 is 0.852 bits per heavy atom. The Morgan fingerprint density at radius 1 is 0.398 bits per heavy atom. The Hall–Kier alpha value is -2.31. The van der Waals surface area contributed by atoms with Crippen LogP contribution in [0.15, 0.2) is 0 Å². The number of aliphatic hydroxyl groups is 8. The van der Waals surface area contributed by atoms with Gasteiger partial charge in [-0.1, -0.05) is 143 Å². The first-order chi connectivity index (χ1) is 42.2. The molecule has 0 bridgehead atoms. The normalized spacial score (nSPS) is 40.9. The molecule has 24 nitrogen and oxygen atoms in total. The molecular formula is C64H112O24. The summed E-state index contributed by atoms with van der Waals surface area (Å²) in [6.07, 6.45) is -17.0. The van der Waals surface area contributed by atoms with Crippen molar-refractivity contribution < 1.29 is 117 Å². The first-order valence-corrected chi connectivity index (χ1v) is 33.8. The molecule has 6 saturated heterocycles. The van der Waals surface area contributed by atoms with E-state index < -0.39 is 171 Å². The molecule has 6 fully saturated rings. The fraction of sp³-hybridized carbons (Fsp3) is 0.953. The van der Waals surface area contributed by atoms with E-state index in [1.807, 2.05) is 6.92 Å². The van der Waals surface area contributed by atoms with Gasteiger partial charge in [-0.2, -0.15) is 0 Å². The first-order valence-electron chi connectivity index (χ1n) is 33.8. The highest BCUT2D eigenvalue weighted by molar-refractivity contribution is 5.70. The molecule has 0 aromatic rings. The van der Waals surface area contributed by atoms with Gasteiger partial charge in [0.05, 0.1) is 36.6 Å². The molecule has 0 aromatic carbocycles. The van der Waals surface area contributed by atoms with Crippen LogP contribution in [0.4, 0.5) is 0 Å². The number of aliphatic hydroxyl groups excluding tert-OH is 8. The van der Waals surface area contributed by atoms with Gasteiger partial charge in [-0.15, -0.1) is 0 Å². The van der Waals surface area contributed by atoms with E-state index in [2.05, 4.69) is 13.8 Å². The van der Waals surface area contributed by atoms with Gasteiger partial charge in [0.2, 0.25) is 0 Å². The molecule has 6 aliphatic heterocycles. The van der Waals surface area contributed by atoms with Crippen molar-refractivity contribution in [1.82, 2.24) is 0 Å². The van der Waals surface area contributed by atoms with E-state index in [1.165, 1.54) is 27.2 Å². The van der Waals surface area contributed by atoms with Crippen molar-refractivity contribution >= 4 is 17.9 Å². The molecule has 6 aliphatic rings. The second kappa shape index (κ2) is 38.2. The summed E-state index contributed by atoms with van der Waals surface area (Å²) < 4.78 is 82.5. The van der Waals surface area contributed by atoms with Gasteiger partial charge in [0.15, 0.2) is 49.8 Å². The number of fused-ring (bicyclic) bond motifs is 2. The van der Waals surface area contributed by atoms with Gasteiger partial charge in [-0.25, -0.2) is 0 Å². The van der Waals surface area contributed by atoms with Crippen molar-refractivity contribution in [1.29, 1.82) is 0 Å². The van der Waals surface area contributed by atoms with Gasteiger partial charge in [0.25, 0.3) is 0 Å². The molecule has 24 heteroatoms. The van der Waals surface area contributed by atoms with Gasteiger partial charge in [0.1, 0.15) is 73.2 Å². The van der Waals surface area contributed by atoms with Crippen LogP contribution in [0.5, 0.6) is 0 Å². The molecule has 0 aliphatic carbocycles. The number of carbonyl (C=O) groups excluding carboxylic acids is 3. The molecule has 0 amide bonds. The van der Waals surface area contributed by atoms with Crippen LogP contribution in [0.1, 0.15) is 229 Å². The topological polar surface area (TPSA) is 333 Å². The van der Waals surface area contributed by atoms with Crippen LogP contribution in [0, 0.1) is 0 Å². The predicted molar refractivity (Wildman–Crippen MR) is 315 cm³/mol. The molecule has 8 N–H and O–H groups in total. The summed E-state index contributed by atoms with van der Waals surface area (Å²) >= 11 is 0. The quantitative estimate of drug-likeness (QED) is 0.0285. The third-order valence-corrected chi connectivity index (χ3v) is 18.1. The van der Waals surface area contributed by atoms with Crippen LogP contribution in [0.3, 0.4) is 0 Å². The predicted octanol–water partition coefficient (Wildman–Crippen LogP) is 5.87.